The van der Waals surface area contributed by atoms with Crippen LogP contribution in [0.1, 0.15) is 30.6 Å². The Kier molecular flexibility index (Phi) is 2.62. The van der Waals surface area contributed by atoms with Crippen molar-refractivity contribution in [1.29, 1.82) is 0 Å². The highest BCUT2D eigenvalue weighted by molar-refractivity contribution is 7.09. The topological polar surface area (TPSA) is 0 Å². The van der Waals surface area contributed by atoms with E-state index in [0.29, 0.717) is 0 Å². The number of aryl methyl sites for hydroxylation is 1. The van der Waals surface area contributed by atoms with Crippen molar-refractivity contribution in [2.75, 3.05) is 0 Å². The third-order valence-electron chi connectivity index (χ3n) is 2.41. The Labute approximate surface area is 77.9 Å². The van der Waals surface area contributed by atoms with E-state index in [9.17, 15) is 0 Å². The van der Waals surface area contributed by atoms with Gasteiger partial charge in [0.05, 0.1) is 0 Å². The van der Waals surface area contributed by atoms with Crippen LogP contribution < -0.4 is 0 Å². The highest BCUT2D eigenvalue weighted by Crippen LogP contribution is 2.23. The molecule has 1 heteroatoms. The lowest BCUT2D eigenvalue weighted by atomic mass is 10.1. The van der Waals surface area contributed by atoms with Gasteiger partial charge in [0.25, 0.3) is 0 Å². The maximum atomic E-state index is 2.42. The minimum Gasteiger partial charge on any atom is -0.149 e. The summed E-state index contributed by atoms with van der Waals surface area (Å²) in [5.74, 6) is 0. The number of allylic oxidation sites excluding steroid dienone is 2. The van der Waals surface area contributed by atoms with E-state index in [0.717, 1.165) is 0 Å². The summed E-state index contributed by atoms with van der Waals surface area (Å²) in [5.41, 5.74) is 1.68. The van der Waals surface area contributed by atoms with E-state index < -0.39 is 0 Å². The van der Waals surface area contributed by atoms with Gasteiger partial charge in [-0.25, -0.2) is 0 Å². The predicted octanol–water partition coefficient (Wildman–Crippen LogP) is 3.79. The van der Waals surface area contributed by atoms with Crippen LogP contribution in [-0.2, 0) is 6.42 Å². The summed E-state index contributed by atoms with van der Waals surface area (Å²) in [4.78, 5) is 1.53. The lowest BCUT2D eigenvalue weighted by Crippen LogP contribution is -1.82. The molecule has 0 saturated heterocycles. The molecule has 0 aromatic carbocycles. The third-order valence-corrected chi connectivity index (χ3v) is 3.34. The molecule has 0 bridgehead atoms. The van der Waals surface area contributed by atoms with Gasteiger partial charge in [0.2, 0.25) is 0 Å². The van der Waals surface area contributed by atoms with Crippen molar-refractivity contribution in [3.63, 3.8) is 0 Å². The molecule has 0 fully saturated rings. The zero-order chi connectivity index (χ0) is 8.23. The second-order valence-corrected chi connectivity index (χ2v) is 4.37. The van der Waals surface area contributed by atoms with E-state index in [1.165, 1.54) is 37.0 Å². The van der Waals surface area contributed by atoms with Crippen LogP contribution in [0.15, 0.2) is 29.2 Å². The molecule has 0 N–H and O–H groups in total. The maximum absolute atomic E-state index is 2.42. The van der Waals surface area contributed by atoms with Gasteiger partial charge in [-0.05, 0) is 43.6 Å². The Morgan fingerprint density at radius 2 is 2.33 bits per heavy atom. The van der Waals surface area contributed by atoms with E-state index in [1.807, 2.05) is 11.3 Å². The van der Waals surface area contributed by atoms with Gasteiger partial charge >= 0.3 is 0 Å². The normalized spacial score (nSPS) is 16.5. The van der Waals surface area contributed by atoms with Crippen molar-refractivity contribution in [3.8, 4) is 0 Å². The van der Waals surface area contributed by atoms with Crippen molar-refractivity contribution in [3.05, 3.63) is 34.0 Å². The molecule has 0 amide bonds. The van der Waals surface area contributed by atoms with Crippen LogP contribution in [0.25, 0.3) is 0 Å². The summed E-state index contributed by atoms with van der Waals surface area (Å²) >= 11 is 1.88. The van der Waals surface area contributed by atoms with Crippen LogP contribution in [0, 0.1) is 0 Å². The lowest BCUT2D eigenvalue weighted by Gasteiger charge is -1.98. The number of rotatable bonds is 3. The van der Waals surface area contributed by atoms with E-state index in [1.54, 1.807) is 5.57 Å². The van der Waals surface area contributed by atoms with Crippen molar-refractivity contribution in [2.24, 2.45) is 0 Å². The van der Waals surface area contributed by atoms with Gasteiger partial charge < -0.3 is 0 Å². The molecule has 0 saturated carbocycles. The van der Waals surface area contributed by atoms with Gasteiger partial charge in [0, 0.05) is 4.88 Å². The zero-order valence-electron chi connectivity index (χ0n) is 7.25. The highest BCUT2D eigenvalue weighted by atomic mass is 32.1. The van der Waals surface area contributed by atoms with Crippen LogP contribution >= 0.6 is 11.3 Å². The predicted molar refractivity (Wildman–Crippen MR) is 54.6 cm³/mol. The van der Waals surface area contributed by atoms with Crippen LogP contribution in [0.3, 0.4) is 0 Å². The Hall–Kier alpha value is -0.560. The lowest BCUT2D eigenvalue weighted by molar-refractivity contribution is 0.850. The highest BCUT2D eigenvalue weighted by Gasteiger charge is 2.04. The second-order valence-electron chi connectivity index (χ2n) is 3.33. The van der Waals surface area contributed by atoms with Crippen LogP contribution in [0.5, 0.6) is 0 Å². The monoisotopic (exact) mass is 178 g/mol. The molecule has 1 aromatic rings. The largest absolute Gasteiger partial charge is 0.149 e. The first kappa shape index (κ1) is 8.06. The molecule has 64 valence electrons. The zero-order valence-corrected chi connectivity index (χ0v) is 8.07. The molecule has 0 aliphatic heterocycles. The summed E-state index contributed by atoms with van der Waals surface area (Å²) in [5, 5.41) is 2.17. The molecule has 1 aliphatic carbocycles. The van der Waals surface area contributed by atoms with Crippen molar-refractivity contribution < 1.29 is 0 Å². The van der Waals surface area contributed by atoms with Crippen LogP contribution in [0.4, 0.5) is 0 Å². The first-order valence-corrected chi connectivity index (χ1v) is 5.53. The van der Waals surface area contributed by atoms with E-state index >= 15 is 0 Å². The molecule has 0 unspecified atom stereocenters. The van der Waals surface area contributed by atoms with Gasteiger partial charge in [0.15, 0.2) is 0 Å². The van der Waals surface area contributed by atoms with Gasteiger partial charge in [-0.15, -0.1) is 11.3 Å². The van der Waals surface area contributed by atoms with E-state index in [2.05, 4.69) is 23.6 Å². The fourth-order valence-electron chi connectivity index (χ4n) is 1.70. The first-order valence-electron chi connectivity index (χ1n) is 4.65. The molecule has 0 nitrogen and oxygen atoms in total. The van der Waals surface area contributed by atoms with E-state index in [-0.39, 0.29) is 0 Å². The summed E-state index contributed by atoms with van der Waals surface area (Å²) in [6.07, 6.45) is 9.03. The summed E-state index contributed by atoms with van der Waals surface area (Å²) in [6.45, 7) is 0. The molecule has 0 spiro atoms. The smallest absolute Gasteiger partial charge is 0.00484 e. The molecule has 1 aliphatic rings. The molecule has 1 heterocycles. The van der Waals surface area contributed by atoms with Gasteiger partial charge in [-0.2, -0.15) is 0 Å². The minimum absolute atomic E-state index is 1.25. The number of hydrogen-bond acceptors (Lipinski definition) is 1. The number of thiophene rings is 1. The summed E-state index contributed by atoms with van der Waals surface area (Å²) in [7, 11) is 0. The van der Waals surface area contributed by atoms with Crippen LogP contribution in [0.2, 0.25) is 0 Å². The second kappa shape index (κ2) is 3.90. The van der Waals surface area contributed by atoms with Crippen LogP contribution in [-0.4, -0.2) is 0 Å². The van der Waals surface area contributed by atoms with Crippen molar-refractivity contribution >= 4 is 11.3 Å². The summed E-state index contributed by atoms with van der Waals surface area (Å²) < 4.78 is 0. The van der Waals surface area contributed by atoms with Gasteiger partial charge in [-0.3, -0.25) is 0 Å². The first-order chi connectivity index (χ1) is 5.95. The molecule has 12 heavy (non-hydrogen) atoms. The fourth-order valence-corrected chi connectivity index (χ4v) is 2.41. The minimum atomic E-state index is 1.25. The SMILES string of the molecule is C1=C(CCc2cccs2)CCC1. The Balaban J connectivity index is 1.82. The average Bonchev–Trinajstić information content (AvgIpc) is 2.74. The molecule has 0 radical (unpaired) electrons. The van der Waals surface area contributed by atoms with E-state index in [4.69, 9.17) is 0 Å². The summed E-state index contributed by atoms with van der Waals surface area (Å²) in [6, 6.07) is 4.38. The third kappa shape index (κ3) is 1.98. The van der Waals surface area contributed by atoms with Gasteiger partial charge in [0.1, 0.15) is 0 Å². The Morgan fingerprint density at radius 1 is 1.33 bits per heavy atom. The van der Waals surface area contributed by atoms with Crippen molar-refractivity contribution in [2.45, 2.75) is 32.1 Å². The number of hydrogen-bond donors (Lipinski definition) is 0. The molecule has 0 atom stereocenters. The molecule has 2 rings (SSSR count). The maximum Gasteiger partial charge on any atom is 0.00484 e. The Morgan fingerprint density at radius 3 is 3.00 bits per heavy atom. The fraction of sp³-hybridized carbons (Fsp3) is 0.455. The quantitative estimate of drug-likeness (QED) is 0.618. The molecular weight excluding hydrogens is 164 g/mol. The van der Waals surface area contributed by atoms with Crippen molar-refractivity contribution in [1.82, 2.24) is 0 Å². The molecule has 1 aromatic heterocycles. The molecular formula is C11H14S. The standard InChI is InChI=1S/C11H14S/c1-2-5-10(4-1)7-8-11-6-3-9-12-11/h3-4,6,9H,1-2,5,7-8H2. The van der Waals surface area contributed by atoms with Gasteiger partial charge in [-0.1, -0.05) is 17.7 Å². The Bertz CT molecular complexity index is 257. The average molecular weight is 178 g/mol.